The summed E-state index contributed by atoms with van der Waals surface area (Å²) in [7, 11) is 0. The van der Waals surface area contributed by atoms with Crippen LogP contribution in [0.15, 0.2) is 168 Å². The quantitative estimate of drug-likeness (QED) is 0.189. The second kappa shape index (κ2) is 11.3. The van der Waals surface area contributed by atoms with Crippen molar-refractivity contribution in [3.8, 4) is 28.0 Å². The zero-order valence-electron chi connectivity index (χ0n) is 28.8. The standard InChI is InChI=1S/C49H35NO2/c1-29-25-32-19-22-35(29)30-9-6-10-31(26-30)43-28-34(21-24-38(43)40-14-7-15-41-39-13-4-5-17-45(39)52-49(40)41)50-44-16-8-18-46-48(44)42-23-20-33(27-47(42)51-46)37-12-3-2-11-36(32)37/h2-14,16-29,35,41,50H,15H2,1H3. The fraction of sp³-hybridized carbons (Fsp3) is 0.102. The third-order valence-corrected chi connectivity index (χ3v) is 11.5. The van der Waals surface area contributed by atoms with Crippen molar-refractivity contribution in [3.63, 3.8) is 0 Å². The lowest BCUT2D eigenvalue weighted by Gasteiger charge is -2.25. The van der Waals surface area contributed by atoms with E-state index in [0.717, 1.165) is 62.4 Å². The Balaban J connectivity index is 1.14. The Morgan fingerprint density at radius 1 is 0.673 bits per heavy atom. The number of hydrogen-bond donors (Lipinski definition) is 1. The Bertz CT molecular complexity index is 2750. The third kappa shape index (κ3) is 4.52. The number of rotatable bonds is 1. The molecule has 52 heavy (non-hydrogen) atoms. The van der Waals surface area contributed by atoms with E-state index >= 15 is 0 Å². The molecule has 6 heterocycles. The van der Waals surface area contributed by atoms with Gasteiger partial charge in [-0.3, -0.25) is 0 Å². The van der Waals surface area contributed by atoms with Crippen molar-refractivity contribution in [1.29, 1.82) is 0 Å². The molecule has 0 spiro atoms. The molecule has 3 unspecified atom stereocenters. The van der Waals surface area contributed by atoms with Gasteiger partial charge in [0, 0.05) is 34.0 Å². The summed E-state index contributed by atoms with van der Waals surface area (Å²) in [6.45, 7) is 2.34. The predicted octanol–water partition coefficient (Wildman–Crippen LogP) is 13.2. The summed E-state index contributed by atoms with van der Waals surface area (Å²) in [6.07, 6.45) is 12.7. The lowest BCUT2D eigenvalue weighted by Crippen LogP contribution is -2.10. The maximum Gasteiger partial charge on any atom is 0.137 e. The second-order valence-corrected chi connectivity index (χ2v) is 14.5. The van der Waals surface area contributed by atoms with E-state index in [0.29, 0.717) is 5.92 Å². The molecule has 10 bridgehead atoms. The van der Waals surface area contributed by atoms with E-state index in [1.165, 1.54) is 44.5 Å². The van der Waals surface area contributed by atoms with Crippen LogP contribution in [0.2, 0.25) is 0 Å². The Hall–Kier alpha value is -6.32. The van der Waals surface area contributed by atoms with Gasteiger partial charge in [0.2, 0.25) is 0 Å². The Morgan fingerprint density at radius 3 is 2.48 bits per heavy atom. The van der Waals surface area contributed by atoms with E-state index in [2.05, 4.69) is 170 Å². The molecule has 3 atom stereocenters. The molecule has 1 N–H and O–H groups in total. The molecular formula is C49H35NO2. The van der Waals surface area contributed by atoms with Crippen LogP contribution in [0.3, 0.4) is 0 Å². The average Bonchev–Trinajstić information content (AvgIpc) is 3.76. The summed E-state index contributed by atoms with van der Waals surface area (Å²) in [5, 5.41) is 6.00. The van der Waals surface area contributed by atoms with Crippen molar-refractivity contribution in [2.24, 2.45) is 5.92 Å². The number of ether oxygens (including phenoxy) is 1. The van der Waals surface area contributed by atoms with Gasteiger partial charge in [-0.05, 0) is 99.3 Å². The maximum absolute atomic E-state index is 6.64. The van der Waals surface area contributed by atoms with Crippen LogP contribution in [-0.4, -0.2) is 0 Å². The lowest BCUT2D eigenvalue weighted by atomic mass is 9.79. The first-order chi connectivity index (χ1) is 25.7. The molecule has 0 saturated heterocycles. The van der Waals surface area contributed by atoms with E-state index in [9.17, 15) is 0 Å². The summed E-state index contributed by atoms with van der Waals surface area (Å²) in [5.74, 6) is 2.80. The van der Waals surface area contributed by atoms with Crippen LogP contribution in [0.5, 0.6) is 5.75 Å². The van der Waals surface area contributed by atoms with Gasteiger partial charge in [0.25, 0.3) is 0 Å². The molecule has 1 aromatic heterocycles. The number of para-hydroxylation sites is 1. The Morgan fingerprint density at radius 2 is 1.54 bits per heavy atom. The SMILES string of the molecule is CC1C=C2C=CC1c1cccc(c1)-c1cc(ccc1C1=C3Oc4ccccc4C3CC=C1)Nc1cccc3oc4cc(ccc4c13)-c1ccccc12. The van der Waals surface area contributed by atoms with Crippen molar-refractivity contribution in [2.45, 2.75) is 25.2 Å². The zero-order chi connectivity index (χ0) is 34.3. The van der Waals surface area contributed by atoms with Gasteiger partial charge in [-0.1, -0.05) is 122 Å². The fourth-order valence-corrected chi connectivity index (χ4v) is 8.96. The maximum atomic E-state index is 6.64. The normalized spacial score (nSPS) is 19.6. The van der Waals surface area contributed by atoms with Crippen LogP contribution < -0.4 is 10.1 Å². The molecule has 0 saturated carbocycles. The van der Waals surface area contributed by atoms with Gasteiger partial charge in [-0.25, -0.2) is 0 Å². The topological polar surface area (TPSA) is 34.4 Å². The summed E-state index contributed by atoms with van der Waals surface area (Å²) in [4.78, 5) is 0. The minimum absolute atomic E-state index is 0.225. The molecule has 2 aliphatic carbocycles. The number of hydrogen-bond acceptors (Lipinski definition) is 3. The number of furan rings is 1. The summed E-state index contributed by atoms with van der Waals surface area (Å²) in [6, 6.07) is 46.1. The molecule has 0 fully saturated rings. The lowest BCUT2D eigenvalue weighted by molar-refractivity contribution is 0.429. The Labute approximate surface area is 302 Å². The molecule has 14 rings (SSSR count). The van der Waals surface area contributed by atoms with Crippen molar-refractivity contribution in [1.82, 2.24) is 0 Å². The highest BCUT2D eigenvalue weighted by Crippen LogP contribution is 2.50. The minimum atomic E-state index is 0.225. The van der Waals surface area contributed by atoms with E-state index in [1.807, 2.05) is 0 Å². The Kier molecular flexibility index (Phi) is 6.42. The highest BCUT2D eigenvalue weighted by atomic mass is 16.5. The molecule has 5 aliphatic heterocycles. The van der Waals surface area contributed by atoms with Gasteiger partial charge in [0.1, 0.15) is 22.7 Å². The van der Waals surface area contributed by atoms with E-state index < -0.39 is 0 Å². The van der Waals surface area contributed by atoms with Gasteiger partial charge < -0.3 is 14.5 Å². The first-order valence-electron chi connectivity index (χ1n) is 18.3. The van der Waals surface area contributed by atoms with E-state index in [-0.39, 0.29) is 11.8 Å². The highest BCUT2D eigenvalue weighted by Gasteiger charge is 2.33. The zero-order valence-corrected chi connectivity index (χ0v) is 28.8. The highest BCUT2D eigenvalue weighted by molar-refractivity contribution is 6.13. The fourth-order valence-electron chi connectivity index (χ4n) is 8.96. The van der Waals surface area contributed by atoms with Gasteiger partial charge >= 0.3 is 0 Å². The molecule has 7 aromatic rings. The molecule has 248 valence electrons. The van der Waals surface area contributed by atoms with Gasteiger partial charge in [0.15, 0.2) is 0 Å². The summed E-state index contributed by atoms with van der Waals surface area (Å²) in [5.41, 5.74) is 15.9. The van der Waals surface area contributed by atoms with Gasteiger partial charge in [0.05, 0.1) is 11.1 Å². The smallest absolute Gasteiger partial charge is 0.137 e. The van der Waals surface area contributed by atoms with E-state index in [1.54, 1.807) is 0 Å². The van der Waals surface area contributed by atoms with Crippen LogP contribution in [0, 0.1) is 5.92 Å². The molecule has 0 radical (unpaired) electrons. The largest absolute Gasteiger partial charge is 0.460 e. The summed E-state index contributed by atoms with van der Waals surface area (Å²) < 4.78 is 13.2. The van der Waals surface area contributed by atoms with Gasteiger partial charge in [-0.15, -0.1) is 0 Å². The predicted molar refractivity (Wildman–Crippen MR) is 214 cm³/mol. The second-order valence-electron chi connectivity index (χ2n) is 14.5. The van der Waals surface area contributed by atoms with Crippen LogP contribution in [0.25, 0.3) is 55.3 Å². The van der Waals surface area contributed by atoms with Crippen molar-refractivity contribution < 1.29 is 9.15 Å². The molecule has 3 nitrogen and oxygen atoms in total. The monoisotopic (exact) mass is 669 g/mol. The van der Waals surface area contributed by atoms with Crippen molar-refractivity contribution >= 4 is 44.5 Å². The average molecular weight is 670 g/mol. The summed E-state index contributed by atoms with van der Waals surface area (Å²) >= 11 is 0. The first-order valence-corrected chi connectivity index (χ1v) is 18.3. The van der Waals surface area contributed by atoms with Crippen LogP contribution in [-0.2, 0) is 0 Å². The third-order valence-electron chi connectivity index (χ3n) is 11.5. The number of fused-ring (bicyclic) bond motifs is 3. The molecule has 7 aliphatic rings. The number of allylic oxidation sites excluding steroid dienone is 8. The number of anilines is 2. The number of nitrogens with one attached hydrogen (secondary N) is 1. The molecule has 0 amide bonds. The van der Waals surface area contributed by atoms with Crippen molar-refractivity contribution in [3.05, 3.63) is 186 Å². The van der Waals surface area contributed by atoms with E-state index in [4.69, 9.17) is 9.15 Å². The molecular weight excluding hydrogens is 635 g/mol. The molecule has 3 heteroatoms. The number of benzene rings is 6. The van der Waals surface area contributed by atoms with Crippen LogP contribution >= 0.6 is 0 Å². The van der Waals surface area contributed by atoms with Crippen molar-refractivity contribution in [2.75, 3.05) is 5.32 Å². The van der Waals surface area contributed by atoms with Crippen LogP contribution in [0.4, 0.5) is 11.4 Å². The van der Waals surface area contributed by atoms with Gasteiger partial charge in [-0.2, -0.15) is 0 Å². The molecule has 6 aromatic carbocycles. The first kappa shape index (κ1) is 29.4. The minimum Gasteiger partial charge on any atom is -0.460 e. The van der Waals surface area contributed by atoms with Crippen LogP contribution in [0.1, 0.15) is 47.4 Å².